The molecule has 1 aromatic rings. The number of likely N-dealkylation sites (tertiary alicyclic amines) is 1. The van der Waals surface area contributed by atoms with Gasteiger partial charge in [-0.2, -0.15) is 8.42 Å². The highest BCUT2D eigenvalue weighted by molar-refractivity contribution is 7.87. The highest BCUT2D eigenvalue weighted by Gasteiger charge is 2.25. The largest absolute Gasteiger partial charge is 0.415 e. The molecule has 1 atom stereocenters. The van der Waals surface area contributed by atoms with Crippen LogP contribution >= 0.6 is 0 Å². The Balaban J connectivity index is 1.87. The van der Waals surface area contributed by atoms with Gasteiger partial charge in [-0.1, -0.05) is 18.2 Å². The van der Waals surface area contributed by atoms with Crippen molar-refractivity contribution in [3.05, 3.63) is 30.3 Å². The van der Waals surface area contributed by atoms with E-state index >= 15 is 0 Å². The van der Waals surface area contributed by atoms with E-state index in [1.165, 1.54) is 0 Å². The van der Waals surface area contributed by atoms with Crippen LogP contribution in [0, 0.1) is 5.92 Å². The van der Waals surface area contributed by atoms with Crippen LogP contribution in [0.25, 0.3) is 0 Å². The van der Waals surface area contributed by atoms with Gasteiger partial charge in [0.15, 0.2) is 0 Å². The number of para-hydroxylation sites is 1. The van der Waals surface area contributed by atoms with E-state index < -0.39 is 16.3 Å². The second-order valence-electron chi connectivity index (χ2n) is 5.03. The normalized spacial score (nSPS) is 19.3. The fourth-order valence-corrected chi connectivity index (χ4v) is 2.75. The van der Waals surface area contributed by atoms with Crippen LogP contribution in [0.3, 0.4) is 0 Å². The molecule has 1 saturated heterocycles. The molecule has 1 unspecified atom stereocenters. The van der Waals surface area contributed by atoms with E-state index in [1.807, 2.05) is 6.07 Å². The lowest BCUT2D eigenvalue weighted by Crippen LogP contribution is -2.45. The third kappa shape index (κ3) is 5.33. The Hall–Kier alpha value is -1.64. The number of nitrogens with zero attached hydrogens (tertiary/aromatic N) is 1. The Labute approximate surface area is 124 Å². The minimum atomic E-state index is -3.69. The SMILES string of the molecule is NS(=O)(=O)NCC1CCCN(C(=O)Oc2ccccc2)C1. The monoisotopic (exact) mass is 313 g/mol. The molecule has 1 fully saturated rings. The first kappa shape index (κ1) is 15.7. The maximum Gasteiger partial charge on any atom is 0.415 e. The van der Waals surface area contributed by atoms with Crippen molar-refractivity contribution in [2.45, 2.75) is 12.8 Å². The van der Waals surface area contributed by atoms with Crippen LogP contribution < -0.4 is 14.6 Å². The molecule has 1 heterocycles. The van der Waals surface area contributed by atoms with Crippen LogP contribution in [-0.4, -0.2) is 39.0 Å². The van der Waals surface area contributed by atoms with Crippen LogP contribution in [0.15, 0.2) is 30.3 Å². The molecule has 1 amide bonds. The molecule has 0 radical (unpaired) electrons. The van der Waals surface area contributed by atoms with Crippen molar-refractivity contribution >= 4 is 16.3 Å². The molecule has 1 aliphatic rings. The van der Waals surface area contributed by atoms with Crippen LogP contribution in [0.4, 0.5) is 4.79 Å². The maximum atomic E-state index is 12.1. The van der Waals surface area contributed by atoms with Gasteiger partial charge >= 0.3 is 6.09 Å². The molecule has 0 saturated carbocycles. The summed E-state index contributed by atoms with van der Waals surface area (Å²) in [6.07, 6.45) is 1.24. The number of amides is 1. The van der Waals surface area contributed by atoms with Crippen LogP contribution in [0.5, 0.6) is 5.75 Å². The summed E-state index contributed by atoms with van der Waals surface area (Å²) in [5.41, 5.74) is 0. The predicted molar refractivity (Wildman–Crippen MR) is 77.9 cm³/mol. The van der Waals surface area contributed by atoms with Gasteiger partial charge in [-0.25, -0.2) is 14.7 Å². The molecule has 2 rings (SSSR count). The molecule has 7 nitrogen and oxygen atoms in total. The number of carbonyl (C=O) groups excluding carboxylic acids is 1. The summed E-state index contributed by atoms with van der Waals surface area (Å²) in [6.45, 7) is 1.29. The summed E-state index contributed by atoms with van der Waals surface area (Å²) in [6, 6.07) is 8.84. The Morgan fingerprint density at radius 2 is 2.10 bits per heavy atom. The van der Waals surface area contributed by atoms with Crippen molar-refractivity contribution in [1.82, 2.24) is 9.62 Å². The summed E-state index contributed by atoms with van der Waals surface area (Å²) < 4.78 is 29.3. The average Bonchev–Trinajstić information content (AvgIpc) is 2.46. The number of benzene rings is 1. The number of ether oxygens (including phenoxy) is 1. The number of hydrogen-bond donors (Lipinski definition) is 2. The third-order valence-electron chi connectivity index (χ3n) is 3.30. The lowest BCUT2D eigenvalue weighted by Gasteiger charge is -2.31. The second-order valence-corrected chi connectivity index (χ2v) is 6.41. The summed E-state index contributed by atoms with van der Waals surface area (Å²) in [5.74, 6) is 0.535. The number of nitrogens with one attached hydrogen (secondary N) is 1. The van der Waals surface area contributed by atoms with Gasteiger partial charge in [0, 0.05) is 19.6 Å². The zero-order valence-electron chi connectivity index (χ0n) is 11.6. The highest BCUT2D eigenvalue weighted by Crippen LogP contribution is 2.18. The Bertz CT molecular complexity index is 576. The summed E-state index contributed by atoms with van der Waals surface area (Å²) in [5, 5.41) is 4.91. The predicted octanol–water partition coefficient (Wildman–Crippen LogP) is 0.691. The molecular formula is C13H19N3O4S. The molecule has 0 aliphatic carbocycles. The van der Waals surface area contributed by atoms with Gasteiger partial charge in [0.1, 0.15) is 5.75 Å². The van der Waals surface area contributed by atoms with E-state index in [0.717, 1.165) is 12.8 Å². The second kappa shape index (κ2) is 6.88. The Morgan fingerprint density at radius 1 is 1.38 bits per heavy atom. The average molecular weight is 313 g/mol. The summed E-state index contributed by atoms with van der Waals surface area (Å²) in [4.78, 5) is 13.6. The molecular weight excluding hydrogens is 294 g/mol. The van der Waals surface area contributed by atoms with Crippen LogP contribution in [0.2, 0.25) is 0 Å². The fraction of sp³-hybridized carbons (Fsp3) is 0.462. The van der Waals surface area contributed by atoms with E-state index in [1.54, 1.807) is 29.2 Å². The first-order valence-corrected chi connectivity index (χ1v) is 8.28. The highest BCUT2D eigenvalue weighted by atomic mass is 32.2. The molecule has 1 aliphatic heterocycles. The minimum absolute atomic E-state index is 0.0420. The standard InChI is InChI=1S/C13H19N3O4S/c14-21(18,19)15-9-11-5-4-8-16(10-11)13(17)20-12-6-2-1-3-7-12/h1-3,6-7,11,15H,4-5,8-10H2,(H2,14,18,19). The van der Waals surface area contributed by atoms with Gasteiger partial charge in [0.2, 0.25) is 0 Å². The zero-order valence-corrected chi connectivity index (χ0v) is 12.4. The molecule has 116 valence electrons. The van der Waals surface area contributed by atoms with Crippen molar-refractivity contribution in [2.24, 2.45) is 11.1 Å². The number of piperidine rings is 1. The lowest BCUT2D eigenvalue weighted by molar-refractivity contribution is 0.127. The van der Waals surface area contributed by atoms with Gasteiger partial charge in [0.05, 0.1) is 0 Å². The number of hydrogen-bond acceptors (Lipinski definition) is 4. The van der Waals surface area contributed by atoms with Gasteiger partial charge in [-0.15, -0.1) is 0 Å². The number of rotatable bonds is 4. The minimum Gasteiger partial charge on any atom is -0.410 e. The lowest BCUT2D eigenvalue weighted by atomic mass is 9.99. The molecule has 1 aromatic carbocycles. The smallest absolute Gasteiger partial charge is 0.410 e. The third-order valence-corrected chi connectivity index (χ3v) is 3.87. The van der Waals surface area contributed by atoms with Crippen molar-refractivity contribution in [2.75, 3.05) is 19.6 Å². The molecule has 0 spiro atoms. The van der Waals surface area contributed by atoms with Gasteiger partial charge in [-0.3, -0.25) is 0 Å². The molecule has 3 N–H and O–H groups in total. The topological polar surface area (TPSA) is 102 Å². The van der Waals surface area contributed by atoms with Crippen molar-refractivity contribution in [3.63, 3.8) is 0 Å². The summed E-state index contributed by atoms with van der Waals surface area (Å²) in [7, 11) is -3.69. The van der Waals surface area contributed by atoms with Crippen molar-refractivity contribution < 1.29 is 17.9 Å². The molecule has 21 heavy (non-hydrogen) atoms. The Kier molecular flexibility index (Phi) is 5.16. The first-order chi connectivity index (χ1) is 9.94. The first-order valence-electron chi connectivity index (χ1n) is 6.73. The molecule has 0 aromatic heterocycles. The van der Waals surface area contributed by atoms with Gasteiger partial charge in [-0.05, 0) is 30.9 Å². The van der Waals surface area contributed by atoms with Crippen LogP contribution in [-0.2, 0) is 10.2 Å². The van der Waals surface area contributed by atoms with Gasteiger partial charge in [0.25, 0.3) is 10.2 Å². The Morgan fingerprint density at radius 3 is 2.76 bits per heavy atom. The van der Waals surface area contributed by atoms with E-state index in [4.69, 9.17) is 9.88 Å². The zero-order chi connectivity index (χ0) is 15.3. The molecule has 8 heteroatoms. The van der Waals surface area contributed by atoms with Crippen molar-refractivity contribution in [3.8, 4) is 5.75 Å². The number of carbonyl (C=O) groups is 1. The fourth-order valence-electron chi connectivity index (χ4n) is 2.29. The van der Waals surface area contributed by atoms with Crippen LogP contribution in [0.1, 0.15) is 12.8 Å². The quantitative estimate of drug-likeness (QED) is 0.853. The van der Waals surface area contributed by atoms with Gasteiger partial charge < -0.3 is 9.64 Å². The summed E-state index contributed by atoms with van der Waals surface area (Å²) >= 11 is 0. The van der Waals surface area contributed by atoms with E-state index in [9.17, 15) is 13.2 Å². The van der Waals surface area contributed by atoms with E-state index in [2.05, 4.69) is 4.72 Å². The van der Waals surface area contributed by atoms with E-state index in [-0.39, 0.29) is 12.5 Å². The number of nitrogens with two attached hydrogens (primary N) is 1. The molecule has 0 bridgehead atoms. The van der Waals surface area contributed by atoms with E-state index in [0.29, 0.717) is 18.8 Å². The van der Waals surface area contributed by atoms with Crippen molar-refractivity contribution in [1.29, 1.82) is 0 Å². The maximum absolute atomic E-state index is 12.1.